The quantitative estimate of drug-likeness (QED) is 0.413. The molecule has 0 N–H and O–H groups in total. The van der Waals surface area contributed by atoms with Gasteiger partial charge in [-0.3, -0.25) is 0 Å². The molecule has 196 valence electrons. The second kappa shape index (κ2) is 9.39. The molecule has 0 spiro atoms. The fourth-order valence-electron chi connectivity index (χ4n) is 5.41. The molecule has 35 heavy (non-hydrogen) atoms. The van der Waals surface area contributed by atoms with Crippen molar-refractivity contribution < 1.29 is 0 Å². The van der Waals surface area contributed by atoms with Gasteiger partial charge in [0, 0.05) is 5.92 Å². The van der Waals surface area contributed by atoms with Gasteiger partial charge in [-0.25, -0.2) is 0 Å². The highest BCUT2D eigenvalue weighted by Gasteiger charge is 2.34. The van der Waals surface area contributed by atoms with Gasteiger partial charge in [-0.15, -0.1) is 0 Å². The number of hydrogen-bond acceptors (Lipinski definition) is 0. The standard InChI is InChI=1S/C35H56/c1-17-25(26-20-23(31(2,3)4)18-19-28(26)33(8,9)10)27-21-24(32(5,6)7)22-29(34(11,12)13)30(27)35(14,15)16/h18-22,25H,17H2,1-16H3. The highest BCUT2D eigenvalue weighted by molar-refractivity contribution is 5.54. The normalized spacial score (nSPS) is 14.9. The first kappa shape index (κ1) is 29.7. The van der Waals surface area contributed by atoms with Crippen molar-refractivity contribution in [3.63, 3.8) is 0 Å². The number of rotatable bonds is 3. The lowest BCUT2D eigenvalue weighted by atomic mass is 9.66. The Morgan fingerprint density at radius 3 is 1.31 bits per heavy atom. The van der Waals surface area contributed by atoms with Crippen LogP contribution in [0.4, 0.5) is 0 Å². The summed E-state index contributed by atoms with van der Waals surface area (Å²) in [5, 5.41) is 0. The van der Waals surface area contributed by atoms with E-state index < -0.39 is 0 Å². The van der Waals surface area contributed by atoms with E-state index in [4.69, 9.17) is 0 Å². The van der Waals surface area contributed by atoms with Crippen LogP contribution < -0.4 is 0 Å². The van der Waals surface area contributed by atoms with Gasteiger partial charge in [-0.1, -0.05) is 141 Å². The predicted molar refractivity (Wildman–Crippen MR) is 159 cm³/mol. The summed E-state index contributed by atoms with van der Waals surface area (Å²) in [6, 6.07) is 12.4. The molecule has 0 saturated heterocycles. The molecule has 1 unspecified atom stereocenters. The molecule has 0 bridgehead atoms. The lowest BCUT2D eigenvalue weighted by Gasteiger charge is -2.38. The van der Waals surface area contributed by atoms with Crippen molar-refractivity contribution in [3.8, 4) is 0 Å². The van der Waals surface area contributed by atoms with Crippen LogP contribution in [-0.2, 0) is 27.1 Å². The second-order valence-electron chi connectivity index (χ2n) is 16.0. The van der Waals surface area contributed by atoms with Crippen LogP contribution in [0.15, 0.2) is 30.3 Å². The van der Waals surface area contributed by atoms with Gasteiger partial charge in [0.05, 0.1) is 0 Å². The second-order valence-corrected chi connectivity index (χ2v) is 16.0. The van der Waals surface area contributed by atoms with Crippen LogP contribution in [-0.4, -0.2) is 0 Å². The van der Waals surface area contributed by atoms with Gasteiger partial charge in [0.25, 0.3) is 0 Å². The van der Waals surface area contributed by atoms with Gasteiger partial charge in [0.1, 0.15) is 0 Å². The molecule has 0 aromatic heterocycles. The zero-order valence-electron chi connectivity index (χ0n) is 26.2. The minimum atomic E-state index is 0.0608. The van der Waals surface area contributed by atoms with Gasteiger partial charge in [-0.2, -0.15) is 0 Å². The van der Waals surface area contributed by atoms with E-state index in [1.165, 1.54) is 33.4 Å². The average molecular weight is 477 g/mol. The van der Waals surface area contributed by atoms with Crippen LogP contribution in [0.3, 0.4) is 0 Å². The molecule has 0 aliphatic carbocycles. The van der Waals surface area contributed by atoms with E-state index in [2.05, 4.69) is 141 Å². The van der Waals surface area contributed by atoms with E-state index in [9.17, 15) is 0 Å². The Bertz CT molecular complexity index is 1030. The van der Waals surface area contributed by atoms with Crippen molar-refractivity contribution in [2.24, 2.45) is 0 Å². The van der Waals surface area contributed by atoms with Gasteiger partial charge < -0.3 is 0 Å². The Balaban J connectivity index is 3.10. The van der Waals surface area contributed by atoms with E-state index >= 15 is 0 Å². The van der Waals surface area contributed by atoms with E-state index in [1.54, 1.807) is 5.56 Å². The number of hydrogen-bond donors (Lipinski definition) is 0. The van der Waals surface area contributed by atoms with Gasteiger partial charge in [-0.05, 0) is 72.4 Å². The molecule has 0 saturated carbocycles. The van der Waals surface area contributed by atoms with Crippen molar-refractivity contribution in [1.29, 1.82) is 0 Å². The molecule has 0 heterocycles. The first-order valence-corrected chi connectivity index (χ1v) is 13.8. The van der Waals surface area contributed by atoms with Crippen molar-refractivity contribution in [3.05, 3.63) is 69.3 Å². The Hall–Kier alpha value is -1.56. The molecule has 1 atom stereocenters. The molecular weight excluding hydrogens is 420 g/mol. The first-order chi connectivity index (χ1) is 15.5. The smallest absolute Gasteiger partial charge is 0.00929 e. The molecule has 0 radical (unpaired) electrons. The first-order valence-electron chi connectivity index (χ1n) is 13.8. The van der Waals surface area contributed by atoms with Crippen LogP contribution in [0, 0.1) is 0 Å². The van der Waals surface area contributed by atoms with E-state index in [0.717, 1.165) is 6.42 Å². The summed E-state index contributed by atoms with van der Waals surface area (Å²) in [5.41, 5.74) is 10.9. The maximum atomic E-state index is 2.57. The lowest BCUT2D eigenvalue weighted by Crippen LogP contribution is -2.28. The summed E-state index contributed by atoms with van der Waals surface area (Å²) < 4.78 is 0. The molecule has 0 aliphatic rings. The lowest BCUT2D eigenvalue weighted by molar-refractivity contribution is 0.510. The molecule has 0 nitrogen and oxygen atoms in total. The fraction of sp³-hybridized carbons (Fsp3) is 0.657. The molecule has 0 amide bonds. The van der Waals surface area contributed by atoms with E-state index in [-0.39, 0.29) is 27.1 Å². The predicted octanol–water partition coefficient (Wildman–Crippen LogP) is 10.7. The highest BCUT2D eigenvalue weighted by atomic mass is 14.4. The molecule has 2 aromatic carbocycles. The zero-order chi connectivity index (χ0) is 27.4. The van der Waals surface area contributed by atoms with Crippen molar-refractivity contribution >= 4 is 0 Å². The van der Waals surface area contributed by atoms with Crippen LogP contribution in [0.25, 0.3) is 0 Å². The summed E-state index contributed by atoms with van der Waals surface area (Å²) in [5.74, 6) is 0.365. The third-order valence-corrected chi connectivity index (χ3v) is 7.48. The number of benzene rings is 2. The van der Waals surface area contributed by atoms with Gasteiger partial charge in [0.15, 0.2) is 0 Å². The summed E-state index contributed by atoms with van der Waals surface area (Å²) in [6.45, 7) is 37.9. The molecule has 0 fully saturated rings. The van der Waals surface area contributed by atoms with E-state index in [0.29, 0.717) is 5.92 Å². The van der Waals surface area contributed by atoms with Crippen molar-refractivity contribution in [2.45, 2.75) is 150 Å². The average Bonchev–Trinajstić information content (AvgIpc) is 2.64. The Labute approximate surface area is 219 Å². The molecular formula is C35H56. The summed E-state index contributed by atoms with van der Waals surface area (Å²) in [7, 11) is 0. The monoisotopic (exact) mass is 476 g/mol. The summed E-state index contributed by atoms with van der Waals surface area (Å²) in [4.78, 5) is 0. The Kier molecular flexibility index (Phi) is 7.96. The summed E-state index contributed by atoms with van der Waals surface area (Å²) in [6.07, 6.45) is 1.09. The molecule has 2 rings (SSSR count). The Morgan fingerprint density at radius 1 is 0.486 bits per heavy atom. The van der Waals surface area contributed by atoms with Crippen molar-refractivity contribution in [1.82, 2.24) is 0 Å². The maximum absolute atomic E-state index is 2.57. The van der Waals surface area contributed by atoms with Crippen LogP contribution in [0.2, 0.25) is 0 Å². The topological polar surface area (TPSA) is 0 Å². The van der Waals surface area contributed by atoms with Crippen LogP contribution >= 0.6 is 0 Å². The third kappa shape index (κ3) is 6.61. The molecule has 0 heteroatoms. The fourth-order valence-corrected chi connectivity index (χ4v) is 5.41. The minimum Gasteiger partial charge on any atom is -0.0645 e. The molecule has 2 aromatic rings. The highest BCUT2D eigenvalue weighted by Crippen LogP contribution is 2.46. The molecule has 0 aliphatic heterocycles. The van der Waals surface area contributed by atoms with E-state index in [1.807, 2.05) is 0 Å². The summed E-state index contributed by atoms with van der Waals surface area (Å²) >= 11 is 0. The maximum Gasteiger partial charge on any atom is 0.00929 e. The van der Waals surface area contributed by atoms with Gasteiger partial charge >= 0.3 is 0 Å². The van der Waals surface area contributed by atoms with Gasteiger partial charge in [0.2, 0.25) is 0 Å². The Morgan fingerprint density at radius 2 is 0.943 bits per heavy atom. The largest absolute Gasteiger partial charge is 0.0645 e. The third-order valence-electron chi connectivity index (χ3n) is 7.48. The van der Waals surface area contributed by atoms with Crippen molar-refractivity contribution in [2.75, 3.05) is 0 Å². The minimum absolute atomic E-state index is 0.0608. The van der Waals surface area contributed by atoms with Crippen LogP contribution in [0.1, 0.15) is 162 Å². The SMILES string of the molecule is CCC(c1cc(C(C)(C)C)ccc1C(C)(C)C)c1cc(C(C)(C)C)cc(C(C)(C)C)c1C(C)(C)C. The van der Waals surface area contributed by atoms with Crippen LogP contribution in [0.5, 0.6) is 0 Å². The zero-order valence-corrected chi connectivity index (χ0v) is 26.2.